The van der Waals surface area contributed by atoms with E-state index in [4.69, 9.17) is 0 Å². The molecule has 0 saturated heterocycles. The highest BCUT2D eigenvalue weighted by Crippen LogP contribution is 2.14. The van der Waals surface area contributed by atoms with Crippen molar-refractivity contribution in [2.45, 2.75) is 53.4 Å². The van der Waals surface area contributed by atoms with E-state index in [9.17, 15) is 9.59 Å². The van der Waals surface area contributed by atoms with E-state index in [2.05, 4.69) is 24.5 Å². The quantitative estimate of drug-likeness (QED) is 0.757. The van der Waals surface area contributed by atoms with Gasteiger partial charge in [-0.25, -0.2) is 0 Å². The van der Waals surface area contributed by atoms with Gasteiger partial charge in [0, 0.05) is 12.2 Å². The molecule has 0 unspecified atom stereocenters. The predicted octanol–water partition coefficient (Wildman–Crippen LogP) is 3.57. The molecule has 122 valence electrons. The molecule has 0 spiro atoms. The van der Waals surface area contributed by atoms with Gasteiger partial charge in [0.1, 0.15) is 0 Å². The van der Waals surface area contributed by atoms with Crippen molar-refractivity contribution >= 4 is 17.5 Å². The van der Waals surface area contributed by atoms with Gasteiger partial charge >= 0.3 is 11.8 Å². The first kappa shape index (κ1) is 18.2. The lowest BCUT2D eigenvalue weighted by atomic mass is 9.99. The maximum Gasteiger partial charge on any atom is 0.313 e. The summed E-state index contributed by atoms with van der Waals surface area (Å²) in [6.07, 6.45) is 4.41. The van der Waals surface area contributed by atoms with E-state index in [1.807, 2.05) is 32.0 Å². The van der Waals surface area contributed by atoms with Crippen LogP contribution in [0.1, 0.15) is 50.7 Å². The Bertz CT molecular complexity index is 492. The van der Waals surface area contributed by atoms with Crippen molar-refractivity contribution in [3.8, 4) is 0 Å². The second-order valence-corrected chi connectivity index (χ2v) is 5.96. The lowest BCUT2D eigenvalue weighted by Gasteiger charge is -2.15. The van der Waals surface area contributed by atoms with Crippen LogP contribution in [-0.2, 0) is 9.59 Å². The molecule has 4 nitrogen and oxygen atoms in total. The zero-order valence-electron chi connectivity index (χ0n) is 14.2. The van der Waals surface area contributed by atoms with Crippen LogP contribution in [0.5, 0.6) is 0 Å². The van der Waals surface area contributed by atoms with Crippen molar-refractivity contribution in [3.05, 3.63) is 29.3 Å². The summed E-state index contributed by atoms with van der Waals surface area (Å²) in [6, 6.07) is 5.73. The zero-order valence-corrected chi connectivity index (χ0v) is 14.2. The summed E-state index contributed by atoms with van der Waals surface area (Å²) in [7, 11) is 0. The van der Waals surface area contributed by atoms with Crippen LogP contribution >= 0.6 is 0 Å². The number of aryl methyl sites for hydroxylation is 2. The third-order valence-corrected chi connectivity index (χ3v) is 3.78. The average Bonchev–Trinajstić information content (AvgIpc) is 2.46. The normalized spacial score (nSPS) is 11.8. The van der Waals surface area contributed by atoms with Gasteiger partial charge < -0.3 is 10.6 Å². The summed E-state index contributed by atoms with van der Waals surface area (Å²) in [5.74, 6) is -0.720. The minimum Gasteiger partial charge on any atom is -0.348 e. The second-order valence-electron chi connectivity index (χ2n) is 5.96. The van der Waals surface area contributed by atoms with E-state index in [0.717, 1.165) is 36.8 Å². The first-order valence-electron chi connectivity index (χ1n) is 8.13. The Balaban J connectivity index is 2.49. The summed E-state index contributed by atoms with van der Waals surface area (Å²) < 4.78 is 0. The molecule has 22 heavy (non-hydrogen) atoms. The van der Waals surface area contributed by atoms with E-state index < -0.39 is 11.8 Å². The summed E-state index contributed by atoms with van der Waals surface area (Å²) in [5, 5.41) is 5.40. The Morgan fingerprint density at radius 1 is 1.05 bits per heavy atom. The number of rotatable bonds is 7. The van der Waals surface area contributed by atoms with Crippen LogP contribution in [0.25, 0.3) is 0 Å². The van der Waals surface area contributed by atoms with Crippen molar-refractivity contribution in [1.29, 1.82) is 0 Å². The smallest absolute Gasteiger partial charge is 0.313 e. The maximum absolute atomic E-state index is 11.9. The molecule has 4 heteroatoms. The van der Waals surface area contributed by atoms with Gasteiger partial charge in [-0.3, -0.25) is 9.59 Å². The molecule has 0 aliphatic rings. The van der Waals surface area contributed by atoms with E-state index >= 15 is 0 Å². The third kappa shape index (κ3) is 6.29. The van der Waals surface area contributed by atoms with Gasteiger partial charge in [-0.05, 0) is 49.4 Å². The first-order valence-corrected chi connectivity index (χ1v) is 8.13. The Morgan fingerprint density at radius 2 is 1.68 bits per heavy atom. The monoisotopic (exact) mass is 304 g/mol. The molecule has 1 aromatic carbocycles. The standard InChI is InChI=1S/C18H28N2O2/c1-5-7-8-15(6-2)12-19-17(21)18(22)20-16-10-13(3)9-14(4)11-16/h9-11,15H,5-8,12H2,1-4H3,(H,19,21)(H,20,22)/t15-/m0/s1. The molecule has 1 aromatic rings. The molecule has 0 fully saturated rings. The number of benzene rings is 1. The number of nitrogens with one attached hydrogen (secondary N) is 2. The van der Waals surface area contributed by atoms with Gasteiger partial charge in [0.25, 0.3) is 0 Å². The largest absolute Gasteiger partial charge is 0.348 e. The summed E-state index contributed by atoms with van der Waals surface area (Å²) in [5.41, 5.74) is 2.78. The lowest BCUT2D eigenvalue weighted by Crippen LogP contribution is -2.38. The highest BCUT2D eigenvalue weighted by Gasteiger charge is 2.15. The number of hydrogen-bond acceptors (Lipinski definition) is 2. The minimum atomic E-state index is -0.602. The van der Waals surface area contributed by atoms with Gasteiger partial charge in [-0.2, -0.15) is 0 Å². The van der Waals surface area contributed by atoms with E-state index in [-0.39, 0.29) is 0 Å². The first-order chi connectivity index (χ1) is 10.5. The van der Waals surface area contributed by atoms with Gasteiger partial charge in [-0.1, -0.05) is 39.2 Å². The van der Waals surface area contributed by atoms with Crippen LogP contribution in [0.4, 0.5) is 5.69 Å². The van der Waals surface area contributed by atoms with Gasteiger partial charge in [0.2, 0.25) is 0 Å². The molecule has 0 radical (unpaired) electrons. The van der Waals surface area contributed by atoms with Gasteiger partial charge in [-0.15, -0.1) is 0 Å². The van der Waals surface area contributed by atoms with Crippen LogP contribution in [-0.4, -0.2) is 18.4 Å². The molecule has 0 aliphatic carbocycles. The Hall–Kier alpha value is -1.84. The van der Waals surface area contributed by atoms with Crippen LogP contribution < -0.4 is 10.6 Å². The highest BCUT2D eigenvalue weighted by atomic mass is 16.2. The molecular weight excluding hydrogens is 276 g/mol. The molecule has 0 bridgehead atoms. The molecule has 0 aliphatic heterocycles. The van der Waals surface area contributed by atoms with E-state index in [0.29, 0.717) is 18.2 Å². The number of amides is 2. The molecule has 0 heterocycles. The van der Waals surface area contributed by atoms with Gasteiger partial charge in [0.05, 0.1) is 0 Å². The number of carbonyl (C=O) groups excluding carboxylic acids is 2. The minimum absolute atomic E-state index is 0.443. The zero-order chi connectivity index (χ0) is 16.5. The van der Waals surface area contributed by atoms with Crippen molar-refractivity contribution in [2.75, 3.05) is 11.9 Å². The van der Waals surface area contributed by atoms with Crippen molar-refractivity contribution in [3.63, 3.8) is 0 Å². The fraction of sp³-hybridized carbons (Fsp3) is 0.556. The van der Waals surface area contributed by atoms with Crippen molar-refractivity contribution in [2.24, 2.45) is 5.92 Å². The van der Waals surface area contributed by atoms with Crippen LogP contribution in [0.2, 0.25) is 0 Å². The second kappa shape index (κ2) is 9.23. The Labute approximate surface area is 133 Å². The Morgan fingerprint density at radius 3 is 2.23 bits per heavy atom. The third-order valence-electron chi connectivity index (χ3n) is 3.78. The van der Waals surface area contributed by atoms with Crippen LogP contribution in [0.15, 0.2) is 18.2 Å². The maximum atomic E-state index is 11.9. The van der Waals surface area contributed by atoms with E-state index in [1.165, 1.54) is 0 Å². The highest BCUT2D eigenvalue weighted by molar-refractivity contribution is 6.39. The Kier molecular flexibility index (Phi) is 7.64. The molecule has 2 amide bonds. The lowest BCUT2D eigenvalue weighted by molar-refractivity contribution is -0.136. The molecule has 0 saturated carbocycles. The van der Waals surface area contributed by atoms with Crippen LogP contribution in [0.3, 0.4) is 0 Å². The summed E-state index contributed by atoms with van der Waals surface area (Å²) in [4.78, 5) is 23.8. The fourth-order valence-corrected chi connectivity index (χ4v) is 2.50. The summed E-state index contributed by atoms with van der Waals surface area (Å²) in [6.45, 7) is 8.75. The number of unbranched alkanes of at least 4 members (excludes halogenated alkanes) is 1. The average molecular weight is 304 g/mol. The number of hydrogen-bond donors (Lipinski definition) is 2. The van der Waals surface area contributed by atoms with Gasteiger partial charge in [0.15, 0.2) is 0 Å². The molecule has 2 N–H and O–H groups in total. The molecule has 1 rings (SSSR count). The predicted molar refractivity (Wildman–Crippen MR) is 90.9 cm³/mol. The molecule has 0 aromatic heterocycles. The molecule has 1 atom stereocenters. The fourth-order valence-electron chi connectivity index (χ4n) is 2.50. The van der Waals surface area contributed by atoms with E-state index in [1.54, 1.807) is 0 Å². The number of anilines is 1. The number of carbonyl (C=O) groups is 2. The topological polar surface area (TPSA) is 58.2 Å². The molecular formula is C18H28N2O2. The summed E-state index contributed by atoms with van der Waals surface area (Å²) >= 11 is 0. The van der Waals surface area contributed by atoms with Crippen molar-refractivity contribution < 1.29 is 9.59 Å². The van der Waals surface area contributed by atoms with Crippen molar-refractivity contribution in [1.82, 2.24) is 5.32 Å². The SMILES string of the molecule is CCCC[C@H](CC)CNC(=O)C(=O)Nc1cc(C)cc(C)c1. The van der Waals surface area contributed by atoms with Crippen LogP contribution in [0, 0.1) is 19.8 Å².